The molecule has 0 amide bonds. The van der Waals surface area contributed by atoms with E-state index < -0.39 is 34.2 Å². The van der Waals surface area contributed by atoms with Gasteiger partial charge in [0, 0.05) is 5.56 Å². The van der Waals surface area contributed by atoms with Crippen LogP contribution in [0.3, 0.4) is 0 Å². The zero-order valence-corrected chi connectivity index (χ0v) is 14.9. The Bertz CT molecular complexity index is 813. The molecule has 0 aromatic heterocycles. The van der Waals surface area contributed by atoms with Crippen molar-refractivity contribution < 1.29 is 26.3 Å². The van der Waals surface area contributed by atoms with Crippen molar-refractivity contribution >= 4 is 34.1 Å². The summed E-state index contributed by atoms with van der Waals surface area (Å²) in [6, 6.07) is 4.32. The zero-order valence-electron chi connectivity index (χ0n) is 13.4. The van der Waals surface area contributed by atoms with E-state index in [9.17, 15) is 26.3 Å². The van der Waals surface area contributed by atoms with E-state index in [0.29, 0.717) is 17.7 Å². The molecule has 0 N–H and O–H groups in total. The van der Waals surface area contributed by atoms with Crippen LogP contribution in [0.1, 0.15) is 27.8 Å². The van der Waals surface area contributed by atoms with Gasteiger partial charge in [0.25, 0.3) is 0 Å². The molecule has 0 atom stereocenters. The van der Waals surface area contributed by atoms with Crippen molar-refractivity contribution in [3.05, 3.63) is 63.2 Å². The first-order chi connectivity index (χ1) is 11.8. The zero-order chi connectivity index (χ0) is 19.9. The molecule has 0 fully saturated rings. The first-order valence-electron chi connectivity index (χ1n) is 7.10. The lowest BCUT2D eigenvalue weighted by molar-refractivity contribution is -0.143. The molecule has 0 aliphatic rings. The molecule has 26 heavy (non-hydrogen) atoms. The topological polar surface area (TPSA) is 12.4 Å². The third-order valence-electron chi connectivity index (χ3n) is 3.43. The lowest BCUT2D eigenvalue weighted by atomic mass is 10.0. The minimum absolute atomic E-state index is 0.0256. The van der Waals surface area contributed by atoms with Gasteiger partial charge in [0.2, 0.25) is 0 Å². The second kappa shape index (κ2) is 7.12. The summed E-state index contributed by atoms with van der Waals surface area (Å²) in [5, 5.41) is -0.348. The summed E-state index contributed by atoms with van der Waals surface area (Å²) in [7, 11) is 0. The smallest absolute Gasteiger partial charge is 0.234 e. The van der Waals surface area contributed by atoms with Gasteiger partial charge in [-0.2, -0.15) is 26.3 Å². The molecule has 2 aromatic carbocycles. The number of rotatable bonds is 2. The number of halogens is 8. The number of alkyl halides is 6. The van der Waals surface area contributed by atoms with Crippen molar-refractivity contribution in [2.45, 2.75) is 26.2 Å². The molecule has 0 bridgehead atoms. The van der Waals surface area contributed by atoms with E-state index in [1.54, 1.807) is 26.0 Å². The molecule has 0 spiro atoms. The van der Waals surface area contributed by atoms with Crippen LogP contribution < -0.4 is 0 Å². The molecule has 0 saturated heterocycles. The standard InChI is InChI=1S/C17H11Cl2F6N/c1-8-3-9(2)14(13(18)4-8)26-15(19)10-5-11(16(20,21)22)7-12(6-10)17(23,24)25/h3-7H,1-2H3/b26-15-. The van der Waals surface area contributed by atoms with Gasteiger partial charge in [-0.25, -0.2) is 4.99 Å². The van der Waals surface area contributed by atoms with E-state index in [0.717, 1.165) is 5.56 Å². The first-order valence-corrected chi connectivity index (χ1v) is 7.85. The predicted molar refractivity (Wildman–Crippen MR) is 89.4 cm³/mol. The van der Waals surface area contributed by atoms with Gasteiger partial charge in [-0.1, -0.05) is 29.3 Å². The van der Waals surface area contributed by atoms with Crippen LogP contribution >= 0.6 is 23.2 Å². The molecule has 140 valence electrons. The molecule has 9 heteroatoms. The SMILES string of the molecule is Cc1cc(C)c(/N=C(\Cl)c2cc(C(F)(F)F)cc(C(F)(F)F)c2)c(Cl)c1. The third kappa shape index (κ3) is 4.71. The van der Waals surface area contributed by atoms with Crippen molar-refractivity contribution in [2.75, 3.05) is 0 Å². The van der Waals surface area contributed by atoms with E-state index in [4.69, 9.17) is 23.2 Å². The Balaban J connectivity index is 2.64. The van der Waals surface area contributed by atoms with Crippen LogP contribution in [0.15, 0.2) is 35.3 Å². The van der Waals surface area contributed by atoms with Crippen LogP contribution in [0, 0.1) is 13.8 Å². The van der Waals surface area contributed by atoms with E-state index in [2.05, 4.69) is 4.99 Å². The van der Waals surface area contributed by atoms with E-state index >= 15 is 0 Å². The first kappa shape index (κ1) is 20.6. The van der Waals surface area contributed by atoms with Crippen LogP contribution in [-0.2, 0) is 12.4 Å². The summed E-state index contributed by atoms with van der Waals surface area (Å²) >= 11 is 12.0. The van der Waals surface area contributed by atoms with Gasteiger partial charge >= 0.3 is 12.4 Å². The maximum absolute atomic E-state index is 12.9. The van der Waals surface area contributed by atoms with Crippen LogP contribution in [0.5, 0.6) is 0 Å². The Labute approximate surface area is 155 Å². The van der Waals surface area contributed by atoms with Crippen LogP contribution in [0.4, 0.5) is 32.0 Å². The van der Waals surface area contributed by atoms with Crippen molar-refractivity contribution in [1.29, 1.82) is 0 Å². The van der Waals surface area contributed by atoms with Crippen molar-refractivity contribution in [1.82, 2.24) is 0 Å². The average molecular weight is 414 g/mol. The quantitative estimate of drug-likeness (QED) is 0.361. The van der Waals surface area contributed by atoms with Gasteiger partial charge in [0.05, 0.1) is 21.8 Å². The summed E-state index contributed by atoms with van der Waals surface area (Å²) < 4.78 is 77.6. The number of aliphatic imine (C=N–C) groups is 1. The number of benzene rings is 2. The Morgan fingerprint density at radius 2 is 1.35 bits per heavy atom. The summed E-state index contributed by atoms with van der Waals surface area (Å²) in [5.74, 6) is 0. The van der Waals surface area contributed by atoms with E-state index in [-0.39, 0.29) is 16.8 Å². The monoisotopic (exact) mass is 413 g/mol. The summed E-state index contributed by atoms with van der Waals surface area (Å²) in [6.45, 7) is 3.42. The molecule has 2 aromatic rings. The molecule has 0 saturated carbocycles. The Morgan fingerprint density at radius 3 is 1.77 bits per heavy atom. The molecule has 2 rings (SSSR count). The Hall–Kier alpha value is -1.73. The Morgan fingerprint density at radius 1 is 0.846 bits per heavy atom. The molecular formula is C17H11Cl2F6N. The minimum Gasteiger partial charge on any atom is -0.234 e. The highest BCUT2D eigenvalue weighted by Gasteiger charge is 2.37. The van der Waals surface area contributed by atoms with Crippen LogP contribution in [-0.4, -0.2) is 5.17 Å². The van der Waals surface area contributed by atoms with Gasteiger partial charge < -0.3 is 0 Å². The summed E-state index contributed by atoms with van der Waals surface area (Å²) in [5.41, 5.74) is -1.87. The molecule has 0 unspecified atom stereocenters. The number of hydrogen-bond acceptors (Lipinski definition) is 1. The van der Waals surface area contributed by atoms with Crippen molar-refractivity contribution in [3.8, 4) is 0 Å². The maximum atomic E-state index is 12.9. The van der Waals surface area contributed by atoms with Gasteiger partial charge in [0.15, 0.2) is 0 Å². The van der Waals surface area contributed by atoms with Crippen molar-refractivity contribution in [2.24, 2.45) is 4.99 Å². The van der Waals surface area contributed by atoms with E-state index in [1.807, 2.05) is 0 Å². The third-order valence-corrected chi connectivity index (χ3v) is 4.03. The fourth-order valence-electron chi connectivity index (χ4n) is 2.29. The highest BCUT2D eigenvalue weighted by Crippen LogP contribution is 2.37. The molecule has 0 radical (unpaired) electrons. The highest BCUT2D eigenvalue weighted by atomic mass is 35.5. The molecular weight excluding hydrogens is 403 g/mol. The fourth-order valence-corrected chi connectivity index (χ4v) is 2.84. The highest BCUT2D eigenvalue weighted by molar-refractivity contribution is 6.70. The molecule has 0 heterocycles. The van der Waals surface area contributed by atoms with Gasteiger partial charge in [-0.15, -0.1) is 0 Å². The number of hydrogen-bond donors (Lipinski definition) is 0. The van der Waals surface area contributed by atoms with Crippen LogP contribution in [0.25, 0.3) is 0 Å². The minimum atomic E-state index is -4.97. The van der Waals surface area contributed by atoms with Crippen LogP contribution in [0.2, 0.25) is 5.02 Å². The number of nitrogens with zero attached hydrogens (tertiary/aromatic N) is 1. The largest absolute Gasteiger partial charge is 0.416 e. The number of aryl methyl sites for hydroxylation is 2. The molecule has 0 aliphatic carbocycles. The van der Waals surface area contributed by atoms with Gasteiger partial charge in [-0.05, 0) is 49.2 Å². The second-order valence-electron chi connectivity index (χ2n) is 5.61. The lowest BCUT2D eigenvalue weighted by Crippen LogP contribution is -2.12. The van der Waals surface area contributed by atoms with E-state index in [1.165, 1.54) is 0 Å². The second-order valence-corrected chi connectivity index (χ2v) is 6.37. The normalized spacial score (nSPS) is 13.2. The molecule has 1 nitrogen and oxygen atoms in total. The fraction of sp³-hybridized carbons (Fsp3) is 0.235. The maximum Gasteiger partial charge on any atom is 0.416 e. The summed E-state index contributed by atoms with van der Waals surface area (Å²) in [4.78, 5) is 3.93. The van der Waals surface area contributed by atoms with Crippen molar-refractivity contribution in [3.63, 3.8) is 0 Å². The molecule has 0 aliphatic heterocycles. The Kier molecular flexibility index (Phi) is 5.63. The predicted octanol–water partition coefficient (Wildman–Crippen LogP) is 7.31. The summed E-state index contributed by atoms with van der Waals surface area (Å²) in [6.07, 6.45) is -9.94. The van der Waals surface area contributed by atoms with Gasteiger partial charge in [-0.3, -0.25) is 0 Å². The van der Waals surface area contributed by atoms with Gasteiger partial charge in [0.1, 0.15) is 5.17 Å². The lowest BCUT2D eigenvalue weighted by Gasteiger charge is -2.14. The average Bonchev–Trinajstić information content (AvgIpc) is 2.48.